The molecule has 2 nitrogen and oxygen atoms in total. The Morgan fingerprint density at radius 1 is 1.22 bits per heavy atom. The third-order valence-corrected chi connectivity index (χ3v) is 3.19. The Morgan fingerprint density at radius 2 is 1.94 bits per heavy atom. The Labute approximate surface area is 111 Å². The van der Waals surface area contributed by atoms with Gasteiger partial charge < -0.3 is 9.73 Å². The van der Waals surface area contributed by atoms with Crippen molar-refractivity contribution in [3.8, 4) is 0 Å². The zero-order valence-corrected chi connectivity index (χ0v) is 11.3. The number of rotatable bonds is 3. The highest BCUT2D eigenvalue weighted by molar-refractivity contribution is 6.30. The van der Waals surface area contributed by atoms with Gasteiger partial charge in [0.25, 0.3) is 0 Å². The lowest BCUT2D eigenvalue weighted by Crippen LogP contribution is -2.19. The summed E-state index contributed by atoms with van der Waals surface area (Å²) in [7, 11) is 1.79. The van der Waals surface area contributed by atoms with E-state index < -0.39 is 0 Å². The van der Waals surface area contributed by atoms with Crippen LogP contribution in [0.5, 0.6) is 0 Å². The van der Waals surface area contributed by atoms with Crippen LogP contribution in [0, 0.1) is 19.7 Å². The average molecular weight is 268 g/mol. The monoisotopic (exact) mass is 267 g/mol. The summed E-state index contributed by atoms with van der Waals surface area (Å²) in [5.74, 6) is 1.29. The lowest BCUT2D eigenvalue weighted by Gasteiger charge is -2.17. The highest BCUT2D eigenvalue weighted by atomic mass is 35.5. The highest BCUT2D eigenvalue weighted by Crippen LogP contribution is 2.29. The molecule has 1 heterocycles. The summed E-state index contributed by atoms with van der Waals surface area (Å²) in [4.78, 5) is 0. The van der Waals surface area contributed by atoms with Crippen molar-refractivity contribution in [3.05, 3.63) is 57.8 Å². The van der Waals surface area contributed by atoms with Crippen LogP contribution in [0.2, 0.25) is 5.02 Å². The lowest BCUT2D eigenvalue weighted by atomic mass is 9.98. The predicted molar refractivity (Wildman–Crippen MR) is 70.5 cm³/mol. The van der Waals surface area contributed by atoms with Crippen LogP contribution in [-0.4, -0.2) is 7.05 Å². The summed E-state index contributed by atoms with van der Waals surface area (Å²) in [5, 5.41) is 3.50. The van der Waals surface area contributed by atoms with Crippen LogP contribution < -0.4 is 5.32 Å². The molecule has 0 aliphatic carbocycles. The molecular formula is C14H15ClFNO. The van der Waals surface area contributed by atoms with Gasteiger partial charge in [0.1, 0.15) is 17.3 Å². The molecule has 18 heavy (non-hydrogen) atoms. The second-order valence-corrected chi connectivity index (χ2v) is 4.69. The molecule has 1 aromatic heterocycles. The molecule has 1 aromatic carbocycles. The second kappa shape index (κ2) is 5.12. The number of aryl methyl sites for hydroxylation is 2. The summed E-state index contributed by atoms with van der Waals surface area (Å²) in [6.45, 7) is 3.75. The van der Waals surface area contributed by atoms with Gasteiger partial charge in [-0.3, -0.25) is 0 Å². The normalized spacial score (nSPS) is 12.7. The Morgan fingerprint density at radius 3 is 2.44 bits per heavy atom. The first-order valence-corrected chi connectivity index (χ1v) is 6.10. The Kier molecular flexibility index (Phi) is 3.73. The minimum Gasteiger partial charge on any atom is -0.466 e. The molecule has 2 rings (SSSR count). The molecule has 0 bridgehead atoms. The minimum atomic E-state index is -0.319. The fraction of sp³-hybridized carbons (Fsp3) is 0.286. The molecule has 0 radical (unpaired) electrons. The van der Waals surface area contributed by atoms with Crippen molar-refractivity contribution in [1.29, 1.82) is 0 Å². The quantitative estimate of drug-likeness (QED) is 0.909. The van der Waals surface area contributed by atoms with Gasteiger partial charge in [0.15, 0.2) is 0 Å². The molecular weight excluding hydrogens is 253 g/mol. The molecule has 1 unspecified atom stereocenters. The van der Waals surface area contributed by atoms with Crippen molar-refractivity contribution in [3.63, 3.8) is 0 Å². The van der Waals surface area contributed by atoms with Crippen molar-refractivity contribution in [2.24, 2.45) is 0 Å². The van der Waals surface area contributed by atoms with Crippen LogP contribution in [0.3, 0.4) is 0 Å². The maximum absolute atomic E-state index is 14.0. The third-order valence-electron chi connectivity index (χ3n) is 2.95. The first-order chi connectivity index (χ1) is 8.52. The second-order valence-electron chi connectivity index (χ2n) is 4.26. The molecule has 0 amide bonds. The van der Waals surface area contributed by atoms with Gasteiger partial charge in [0.2, 0.25) is 0 Å². The van der Waals surface area contributed by atoms with E-state index in [1.54, 1.807) is 19.2 Å². The van der Waals surface area contributed by atoms with Crippen molar-refractivity contribution in [1.82, 2.24) is 5.32 Å². The maximum Gasteiger partial charge on any atom is 0.129 e. The minimum absolute atomic E-state index is 0.236. The summed E-state index contributed by atoms with van der Waals surface area (Å²) in [5.41, 5.74) is 1.50. The topological polar surface area (TPSA) is 25.2 Å². The van der Waals surface area contributed by atoms with Gasteiger partial charge in [-0.05, 0) is 39.1 Å². The standard InChI is InChI=1S/C14H15ClFNO/c1-8-6-12(9(2)18-8)14(17-3)11-5-4-10(15)7-13(11)16/h4-7,14,17H,1-3H3. The first kappa shape index (κ1) is 13.1. The van der Waals surface area contributed by atoms with E-state index in [1.807, 2.05) is 19.9 Å². The molecule has 1 atom stereocenters. The SMILES string of the molecule is CNC(c1ccc(Cl)cc1F)c1cc(C)oc1C. The van der Waals surface area contributed by atoms with E-state index in [0.29, 0.717) is 10.6 Å². The van der Waals surface area contributed by atoms with Crippen molar-refractivity contribution in [2.75, 3.05) is 7.05 Å². The molecule has 1 N–H and O–H groups in total. The van der Waals surface area contributed by atoms with Crippen LogP contribution in [-0.2, 0) is 0 Å². The molecule has 0 saturated carbocycles. The van der Waals surface area contributed by atoms with E-state index in [9.17, 15) is 4.39 Å². The van der Waals surface area contributed by atoms with E-state index in [1.165, 1.54) is 6.07 Å². The summed E-state index contributed by atoms with van der Waals surface area (Å²) in [6, 6.07) is 6.39. The fourth-order valence-corrected chi connectivity index (χ4v) is 2.31. The number of furan rings is 1. The zero-order chi connectivity index (χ0) is 13.3. The molecule has 0 saturated heterocycles. The fourth-order valence-electron chi connectivity index (χ4n) is 2.15. The summed E-state index contributed by atoms with van der Waals surface area (Å²) in [6.07, 6.45) is 0. The molecule has 2 aromatic rings. The van der Waals surface area contributed by atoms with Gasteiger partial charge >= 0.3 is 0 Å². The highest BCUT2D eigenvalue weighted by Gasteiger charge is 2.20. The zero-order valence-electron chi connectivity index (χ0n) is 10.6. The van der Waals surface area contributed by atoms with Gasteiger partial charge in [-0.1, -0.05) is 17.7 Å². The van der Waals surface area contributed by atoms with Gasteiger partial charge in [0.05, 0.1) is 6.04 Å². The Bertz CT molecular complexity index is 565. The summed E-state index contributed by atoms with van der Waals surface area (Å²) >= 11 is 5.77. The van der Waals surface area contributed by atoms with Crippen molar-refractivity contribution >= 4 is 11.6 Å². The van der Waals surface area contributed by atoms with Crippen LogP contribution >= 0.6 is 11.6 Å². The Hall–Kier alpha value is -1.32. The molecule has 4 heteroatoms. The number of benzene rings is 1. The predicted octanol–water partition coefficient (Wildman–Crippen LogP) is 4.00. The molecule has 0 aliphatic heterocycles. The van der Waals surface area contributed by atoms with E-state index in [2.05, 4.69) is 5.32 Å². The molecule has 0 spiro atoms. The number of hydrogen-bond acceptors (Lipinski definition) is 2. The smallest absolute Gasteiger partial charge is 0.129 e. The van der Waals surface area contributed by atoms with Crippen LogP contribution in [0.4, 0.5) is 4.39 Å². The number of halogens is 2. The molecule has 96 valence electrons. The molecule has 0 fully saturated rings. The largest absolute Gasteiger partial charge is 0.466 e. The van der Waals surface area contributed by atoms with Gasteiger partial charge in [-0.25, -0.2) is 4.39 Å². The van der Waals surface area contributed by atoms with E-state index in [4.69, 9.17) is 16.0 Å². The number of nitrogens with one attached hydrogen (secondary N) is 1. The van der Waals surface area contributed by atoms with Crippen molar-refractivity contribution < 1.29 is 8.81 Å². The van der Waals surface area contributed by atoms with Crippen molar-refractivity contribution in [2.45, 2.75) is 19.9 Å². The third kappa shape index (κ3) is 2.42. The molecule has 0 aliphatic rings. The Balaban J connectivity index is 2.48. The van der Waals surface area contributed by atoms with E-state index >= 15 is 0 Å². The van der Waals surface area contributed by atoms with E-state index in [-0.39, 0.29) is 11.9 Å². The van der Waals surface area contributed by atoms with Gasteiger partial charge in [-0.15, -0.1) is 0 Å². The van der Waals surface area contributed by atoms with Gasteiger partial charge in [-0.2, -0.15) is 0 Å². The van der Waals surface area contributed by atoms with E-state index in [0.717, 1.165) is 17.1 Å². The van der Waals surface area contributed by atoms with Crippen LogP contribution in [0.25, 0.3) is 0 Å². The van der Waals surface area contributed by atoms with Crippen LogP contribution in [0.1, 0.15) is 28.7 Å². The first-order valence-electron chi connectivity index (χ1n) is 5.72. The summed E-state index contributed by atoms with van der Waals surface area (Å²) < 4.78 is 19.5. The average Bonchev–Trinajstić information content (AvgIpc) is 2.62. The van der Waals surface area contributed by atoms with Crippen LogP contribution in [0.15, 0.2) is 28.7 Å². The van der Waals surface area contributed by atoms with Gasteiger partial charge in [0, 0.05) is 16.1 Å². The maximum atomic E-state index is 14.0. The lowest BCUT2D eigenvalue weighted by molar-refractivity contribution is 0.495. The number of hydrogen-bond donors (Lipinski definition) is 1.